The molecule has 21 heavy (non-hydrogen) atoms. The molecule has 0 aliphatic carbocycles. The summed E-state index contributed by atoms with van der Waals surface area (Å²) in [5.41, 5.74) is 5.25. The van der Waals surface area contributed by atoms with Gasteiger partial charge < -0.3 is 5.32 Å². The summed E-state index contributed by atoms with van der Waals surface area (Å²) in [6, 6.07) is 8.02. The second-order valence-electron chi connectivity index (χ2n) is 5.72. The number of hydrogen-bond acceptors (Lipinski definition) is 2. The third-order valence-corrected chi connectivity index (χ3v) is 3.82. The van der Waals surface area contributed by atoms with Gasteiger partial charge >= 0.3 is 0 Å². The van der Waals surface area contributed by atoms with Gasteiger partial charge in [0.2, 0.25) is 5.91 Å². The Balaban J connectivity index is 2.05. The third kappa shape index (κ3) is 3.51. The maximum Gasteiger partial charge on any atom is 0.226 e. The summed E-state index contributed by atoms with van der Waals surface area (Å²) < 4.78 is 1.91. The van der Waals surface area contributed by atoms with E-state index in [0.29, 0.717) is 6.42 Å². The van der Waals surface area contributed by atoms with Crippen molar-refractivity contribution < 1.29 is 4.79 Å². The molecule has 4 nitrogen and oxygen atoms in total. The van der Waals surface area contributed by atoms with Gasteiger partial charge in [-0.15, -0.1) is 0 Å². The molecule has 1 aromatic heterocycles. The molecular formula is C17H23N3O. The lowest BCUT2D eigenvalue weighted by Gasteiger charge is -2.15. The van der Waals surface area contributed by atoms with Crippen LogP contribution in [0.15, 0.2) is 24.3 Å². The lowest BCUT2D eigenvalue weighted by Crippen LogP contribution is -2.19. The largest absolute Gasteiger partial charge is 0.326 e. The number of aromatic nitrogens is 2. The standard InChI is InChI=1S/C17H23N3O/c1-11-7-6-8-16(15(11)5)18-17(21)10-14(4)20-13(3)9-12(2)19-20/h6-9,14H,10H2,1-5H3,(H,18,21)/t14-/m1/s1. The smallest absolute Gasteiger partial charge is 0.226 e. The highest BCUT2D eigenvalue weighted by Gasteiger charge is 2.14. The molecule has 1 atom stereocenters. The molecule has 0 aliphatic heterocycles. The minimum Gasteiger partial charge on any atom is -0.326 e. The van der Waals surface area contributed by atoms with Crippen molar-refractivity contribution in [2.45, 2.75) is 47.1 Å². The van der Waals surface area contributed by atoms with E-state index in [9.17, 15) is 4.79 Å². The van der Waals surface area contributed by atoms with Crippen LogP contribution in [0.1, 0.15) is 41.9 Å². The zero-order chi connectivity index (χ0) is 15.6. The topological polar surface area (TPSA) is 46.9 Å². The fourth-order valence-corrected chi connectivity index (χ4v) is 2.53. The number of hydrogen-bond donors (Lipinski definition) is 1. The fraction of sp³-hybridized carbons (Fsp3) is 0.412. The SMILES string of the molecule is Cc1cc(C)n([C@H](C)CC(=O)Nc2cccc(C)c2C)n1. The van der Waals surface area contributed by atoms with Crippen molar-refractivity contribution in [1.82, 2.24) is 9.78 Å². The van der Waals surface area contributed by atoms with Gasteiger partial charge in [0.1, 0.15) is 0 Å². The van der Waals surface area contributed by atoms with Crippen LogP contribution < -0.4 is 5.32 Å². The number of amides is 1. The van der Waals surface area contributed by atoms with E-state index < -0.39 is 0 Å². The molecule has 0 unspecified atom stereocenters. The molecule has 2 aromatic rings. The second-order valence-corrected chi connectivity index (χ2v) is 5.72. The van der Waals surface area contributed by atoms with Gasteiger partial charge in [-0.3, -0.25) is 9.48 Å². The Morgan fingerprint density at radius 2 is 2.00 bits per heavy atom. The van der Waals surface area contributed by atoms with Crippen molar-refractivity contribution >= 4 is 11.6 Å². The summed E-state index contributed by atoms with van der Waals surface area (Å²) in [7, 11) is 0. The summed E-state index contributed by atoms with van der Waals surface area (Å²) in [5, 5.41) is 7.44. The van der Waals surface area contributed by atoms with Gasteiger partial charge in [0.25, 0.3) is 0 Å². The first-order valence-electron chi connectivity index (χ1n) is 7.27. The van der Waals surface area contributed by atoms with Crippen molar-refractivity contribution in [1.29, 1.82) is 0 Å². The highest BCUT2D eigenvalue weighted by atomic mass is 16.1. The first-order chi connectivity index (χ1) is 9.88. The van der Waals surface area contributed by atoms with Crippen LogP contribution in [0.25, 0.3) is 0 Å². The number of benzene rings is 1. The van der Waals surface area contributed by atoms with E-state index in [1.165, 1.54) is 5.56 Å². The quantitative estimate of drug-likeness (QED) is 0.931. The molecule has 1 N–H and O–H groups in total. The molecule has 1 amide bonds. The van der Waals surface area contributed by atoms with Crippen LogP contribution >= 0.6 is 0 Å². The van der Waals surface area contributed by atoms with E-state index in [1.807, 2.05) is 63.6 Å². The van der Waals surface area contributed by atoms with Gasteiger partial charge in [-0.25, -0.2) is 0 Å². The van der Waals surface area contributed by atoms with Crippen LogP contribution in [0, 0.1) is 27.7 Å². The van der Waals surface area contributed by atoms with E-state index in [0.717, 1.165) is 22.6 Å². The molecule has 0 fully saturated rings. The van der Waals surface area contributed by atoms with Gasteiger partial charge in [0, 0.05) is 17.8 Å². The maximum absolute atomic E-state index is 12.2. The lowest BCUT2D eigenvalue weighted by atomic mass is 10.1. The maximum atomic E-state index is 12.2. The summed E-state index contributed by atoms with van der Waals surface area (Å²) >= 11 is 0. The number of carbonyl (C=O) groups excluding carboxylic acids is 1. The van der Waals surface area contributed by atoms with E-state index in [1.54, 1.807) is 0 Å². The Kier molecular flexibility index (Phi) is 4.46. The van der Waals surface area contributed by atoms with E-state index >= 15 is 0 Å². The molecule has 2 rings (SSSR count). The zero-order valence-electron chi connectivity index (χ0n) is 13.4. The normalized spacial score (nSPS) is 12.2. The van der Waals surface area contributed by atoms with E-state index in [2.05, 4.69) is 10.4 Å². The Morgan fingerprint density at radius 3 is 2.62 bits per heavy atom. The monoisotopic (exact) mass is 285 g/mol. The lowest BCUT2D eigenvalue weighted by molar-refractivity contribution is -0.116. The van der Waals surface area contributed by atoms with E-state index in [4.69, 9.17) is 0 Å². The Hall–Kier alpha value is -2.10. The molecule has 0 radical (unpaired) electrons. The number of nitrogens with zero attached hydrogens (tertiary/aromatic N) is 2. The second kappa shape index (κ2) is 6.12. The average Bonchev–Trinajstić information content (AvgIpc) is 2.74. The Bertz CT molecular complexity index is 658. The highest BCUT2D eigenvalue weighted by molar-refractivity contribution is 5.91. The van der Waals surface area contributed by atoms with Crippen LogP contribution in [0.5, 0.6) is 0 Å². The molecule has 0 saturated heterocycles. The van der Waals surface area contributed by atoms with Crippen LogP contribution in [0.4, 0.5) is 5.69 Å². The van der Waals surface area contributed by atoms with Crippen molar-refractivity contribution in [3.63, 3.8) is 0 Å². The molecule has 1 aromatic carbocycles. The summed E-state index contributed by atoms with van der Waals surface area (Å²) in [6.45, 7) is 10.1. The Labute approximate surface area is 126 Å². The summed E-state index contributed by atoms with van der Waals surface area (Å²) in [4.78, 5) is 12.2. The van der Waals surface area contributed by atoms with Crippen LogP contribution in [0.2, 0.25) is 0 Å². The number of nitrogens with one attached hydrogen (secondary N) is 1. The van der Waals surface area contributed by atoms with Crippen LogP contribution in [-0.2, 0) is 4.79 Å². The van der Waals surface area contributed by atoms with Gasteiger partial charge in [-0.2, -0.15) is 5.10 Å². The molecule has 0 aliphatic rings. The van der Waals surface area contributed by atoms with Crippen molar-refractivity contribution in [3.8, 4) is 0 Å². The van der Waals surface area contributed by atoms with Crippen molar-refractivity contribution in [2.75, 3.05) is 5.32 Å². The first kappa shape index (κ1) is 15.3. The predicted octanol–water partition coefficient (Wildman–Crippen LogP) is 3.71. The fourth-order valence-electron chi connectivity index (χ4n) is 2.53. The van der Waals surface area contributed by atoms with Crippen LogP contribution in [0.3, 0.4) is 0 Å². The zero-order valence-corrected chi connectivity index (χ0v) is 13.4. The number of anilines is 1. The highest BCUT2D eigenvalue weighted by Crippen LogP contribution is 2.20. The Morgan fingerprint density at radius 1 is 1.29 bits per heavy atom. The minimum absolute atomic E-state index is 0.0174. The molecule has 1 heterocycles. The molecule has 0 bridgehead atoms. The van der Waals surface area contributed by atoms with Gasteiger partial charge in [-0.1, -0.05) is 12.1 Å². The van der Waals surface area contributed by atoms with Crippen LogP contribution in [-0.4, -0.2) is 15.7 Å². The number of carbonyl (C=O) groups is 1. The van der Waals surface area contributed by atoms with Gasteiger partial charge in [0.05, 0.1) is 11.7 Å². The molecule has 0 spiro atoms. The number of rotatable bonds is 4. The predicted molar refractivity (Wildman–Crippen MR) is 85.6 cm³/mol. The summed E-state index contributed by atoms with van der Waals surface area (Å²) in [5.74, 6) is 0.0174. The summed E-state index contributed by atoms with van der Waals surface area (Å²) in [6.07, 6.45) is 0.412. The third-order valence-electron chi connectivity index (χ3n) is 3.82. The molecule has 112 valence electrons. The van der Waals surface area contributed by atoms with Gasteiger partial charge in [-0.05, 0) is 57.9 Å². The van der Waals surface area contributed by atoms with Crippen molar-refractivity contribution in [2.24, 2.45) is 0 Å². The first-order valence-corrected chi connectivity index (χ1v) is 7.27. The number of aryl methyl sites for hydroxylation is 3. The average molecular weight is 285 g/mol. The molecule has 0 saturated carbocycles. The van der Waals surface area contributed by atoms with E-state index in [-0.39, 0.29) is 11.9 Å². The van der Waals surface area contributed by atoms with Gasteiger partial charge in [0.15, 0.2) is 0 Å². The molecular weight excluding hydrogens is 262 g/mol. The molecule has 4 heteroatoms. The van der Waals surface area contributed by atoms with Crippen molar-refractivity contribution in [3.05, 3.63) is 46.8 Å². The minimum atomic E-state index is 0.0174.